The molecule has 0 fully saturated rings. The molecule has 23 heavy (non-hydrogen) atoms. The topological polar surface area (TPSA) is 76.1 Å². The fraction of sp³-hybridized carbons (Fsp3) is 0.200. The Morgan fingerprint density at radius 1 is 1.39 bits per heavy atom. The van der Waals surface area contributed by atoms with Crippen LogP contribution in [0.4, 0.5) is 4.39 Å². The van der Waals surface area contributed by atoms with E-state index >= 15 is 0 Å². The highest BCUT2D eigenvalue weighted by atomic mass is 35.5. The van der Waals surface area contributed by atoms with Crippen molar-refractivity contribution in [1.82, 2.24) is 20.3 Å². The highest BCUT2D eigenvalue weighted by Crippen LogP contribution is 2.18. The summed E-state index contributed by atoms with van der Waals surface area (Å²) in [5.74, 6) is 0.0199. The molecule has 0 bridgehead atoms. The molecular weight excluding hydrogens is 323 g/mol. The van der Waals surface area contributed by atoms with Gasteiger partial charge in [-0.05, 0) is 30.3 Å². The SMILES string of the molecule is OC(CNCc1cn(-c2ccc(F)c(Cl)c2)nn1)c1ccco1. The molecule has 0 saturated carbocycles. The fourth-order valence-corrected chi connectivity index (χ4v) is 2.23. The van der Waals surface area contributed by atoms with E-state index in [1.165, 1.54) is 23.1 Å². The van der Waals surface area contributed by atoms with Gasteiger partial charge in [0.05, 0.1) is 28.9 Å². The van der Waals surface area contributed by atoms with Gasteiger partial charge in [-0.3, -0.25) is 0 Å². The van der Waals surface area contributed by atoms with E-state index in [0.717, 1.165) is 0 Å². The van der Waals surface area contributed by atoms with Gasteiger partial charge in [-0.25, -0.2) is 9.07 Å². The van der Waals surface area contributed by atoms with E-state index < -0.39 is 11.9 Å². The standard InChI is InChI=1S/C15H14ClFN4O2/c16-12-6-11(3-4-13(12)17)21-9-10(19-20-21)7-18-8-14(22)15-2-1-5-23-15/h1-6,9,14,18,22H,7-8H2. The first kappa shape index (κ1) is 15.7. The lowest BCUT2D eigenvalue weighted by Gasteiger charge is -2.07. The van der Waals surface area contributed by atoms with E-state index in [4.69, 9.17) is 16.0 Å². The second-order valence-electron chi connectivity index (χ2n) is 4.91. The Labute approximate surface area is 136 Å². The van der Waals surface area contributed by atoms with Crippen molar-refractivity contribution in [3.8, 4) is 5.69 Å². The van der Waals surface area contributed by atoms with E-state index in [2.05, 4.69) is 15.6 Å². The molecule has 0 amide bonds. The molecule has 0 aliphatic heterocycles. The summed E-state index contributed by atoms with van der Waals surface area (Å²) in [5, 5.41) is 21.0. The number of aliphatic hydroxyl groups is 1. The molecule has 2 N–H and O–H groups in total. The third kappa shape index (κ3) is 3.76. The van der Waals surface area contributed by atoms with Crippen LogP contribution in [0.3, 0.4) is 0 Å². The predicted molar refractivity (Wildman–Crippen MR) is 81.7 cm³/mol. The predicted octanol–water partition coefficient (Wildman–Crippen LogP) is 2.48. The van der Waals surface area contributed by atoms with Crippen molar-refractivity contribution in [2.75, 3.05) is 6.54 Å². The number of rotatable bonds is 6. The second-order valence-corrected chi connectivity index (χ2v) is 5.32. The molecule has 0 aliphatic carbocycles. The van der Waals surface area contributed by atoms with Crippen LogP contribution in [-0.2, 0) is 6.54 Å². The maximum atomic E-state index is 13.2. The van der Waals surface area contributed by atoms with Crippen LogP contribution < -0.4 is 5.32 Å². The van der Waals surface area contributed by atoms with Crippen LogP contribution in [0.2, 0.25) is 5.02 Å². The summed E-state index contributed by atoms with van der Waals surface area (Å²) in [6.45, 7) is 0.745. The number of benzene rings is 1. The Kier molecular flexibility index (Phi) is 4.71. The lowest BCUT2D eigenvalue weighted by molar-refractivity contribution is 0.147. The van der Waals surface area contributed by atoms with Crippen molar-refractivity contribution in [3.05, 3.63) is 65.1 Å². The van der Waals surface area contributed by atoms with E-state index in [0.29, 0.717) is 30.2 Å². The van der Waals surface area contributed by atoms with Gasteiger partial charge in [0.15, 0.2) is 0 Å². The first-order valence-electron chi connectivity index (χ1n) is 6.92. The van der Waals surface area contributed by atoms with Crippen LogP contribution in [-0.4, -0.2) is 26.6 Å². The largest absolute Gasteiger partial charge is 0.467 e. The van der Waals surface area contributed by atoms with Crippen LogP contribution in [0.25, 0.3) is 5.69 Å². The number of hydrogen-bond acceptors (Lipinski definition) is 5. The van der Waals surface area contributed by atoms with Crippen molar-refractivity contribution >= 4 is 11.6 Å². The average Bonchev–Trinajstić information content (AvgIpc) is 3.21. The lowest BCUT2D eigenvalue weighted by Crippen LogP contribution is -2.20. The van der Waals surface area contributed by atoms with Crippen LogP contribution in [0.1, 0.15) is 17.6 Å². The maximum Gasteiger partial charge on any atom is 0.141 e. The molecule has 0 radical (unpaired) electrons. The Bertz CT molecular complexity index is 776. The second kappa shape index (κ2) is 6.91. The van der Waals surface area contributed by atoms with E-state index in [1.54, 1.807) is 24.4 Å². The summed E-state index contributed by atoms with van der Waals surface area (Å²) in [4.78, 5) is 0. The Morgan fingerprint density at radius 2 is 2.26 bits per heavy atom. The minimum absolute atomic E-state index is 0.0271. The van der Waals surface area contributed by atoms with Crippen molar-refractivity contribution < 1.29 is 13.9 Å². The first-order valence-corrected chi connectivity index (χ1v) is 7.30. The highest BCUT2D eigenvalue weighted by Gasteiger charge is 2.10. The fourth-order valence-electron chi connectivity index (χ4n) is 2.05. The van der Waals surface area contributed by atoms with E-state index in [-0.39, 0.29) is 5.02 Å². The summed E-state index contributed by atoms with van der Waals surface area (Å²) < 4.78 is 19.8. The Balaban J connectivity index is 1.58. The summed E-state index contributed by atoms with van der Waals surface area (Å²) >= 11 is 5.75. The molecule has 8 heteroatoms. The van der Waals surface area contributed by atoms with E-state index in [9.17, 15) is 9.50 Å². The van der Waals surface area contributed by atoms with Gasteiger partial charge in [0.25, 0.3) is 0 Å². The van der Waals surface area contributed by atoms with Gasteiger partial charge in [-0.2, -0.15) is 0 Å². The number of furan rings is 1. The van der Waals surface area contributed by atoms with Gasteiger partial charge in [-0.1, -0.05) is 16.8 Å². The average molecular weight is 337 g/mol. The van der Waals surface area contributed by atoms with Crippen LogP contribution >= 0.6 is 11.6 Å². The molecule has 6 nitrogen and oxygen atoms in total. The van der Waals surface area contributed by atoms with Crippen molar-refractivity contribution in [1.29, 1.82) is 0 Å². The molecular formula is C15H14ClFN4O2. The van der Waals surface area contributed by atoms with Crippen molar-refractivity contribution in [2.45, 2.75) is 12.6 Å². The molecule has 3 aromatic rings. The quantitative estimate of drug-likeness (QED) is 0.723. The third-order valence-corrected chi connectivity index (χ3v) is 3.51. The third-order valence-electron chi connectivity index (χ3n) is 3.22. The smallest absolute Gasteiger partial charge is 0.141 e. The van der Waals surface area contributed by atoms with Crippen LogP contribution in [0.5, 0.6) is 0 Å². The normalized spacial score (nSPS) is 12.5. The number of nitrogens with one attached hydrogen (secondary N) is 1. The number of aromatic nitrogens is 3. The Hall–Kier alpha value is -2.22. The molecule has 1 aromatic carbocycles. The molecule has 2 aromatic heterocycles. The molecule has 0 spiro atoms. The monoisotopic (exact) mass is 336 g/mol. The molecule has 2 heterocycles. The van der Waals surface area contributed by atoms with Gasteiger partial charge in [0.1, 0.15) is 17.7 Å². The minimum atomic E-state index is -0.726. The number of halogens is 2. The zero-order valence-electron chi connectivity index (χ0n) is 12.0. The van der Waals surface area contributed by atoms with Crippen molar-refractivity contribution in [2.24, 2.45) is 0 Å². The summed E-state index contributed by atoms with van der Waals surface area (Å²) in [7, 11) is 0. The molecule has 1 atom stereocenters. The number of nitrogens with zero attached hydrogens (tertiary/aromatic N) is 3. The molecule has 0 aliphatic rings. The number of aliphatic hydroxyl groups excluding tert-OH is 1. The Morgan fingerprint density at radius 3 is 3.00 bits per heavy atom. The first-order chi connectivity index (χ1) is 11.1. The molecule has 3 rings (SSSR count). The van der Waals surface area contributed by atoms with Crippen LogP contribution in [0.15, 0.2) is 47.2 Å². The van der Waals surface area contributed by atoms with Crippen LogP contribution in [0, 0.1) is 5.82 Å². The summed E-state index contributed by atoms with van der Waals surface area (Å²) in [5.41, 5.74) is 1.29. The zero-order valence-corrected chi connectivity index (χ0v) is 12.7. The molecule has 1 unspecified atom stereocenters. The van der Waals surface area contributed by atoms with Gasteiger partial charge >= 0.3 is 0 Å². The minimum Gasteiger partial charge on any atom is -0.467 e. The van der Waals surface area contributed by atoms with E-state index in [1.807, 2.05) is 0 Å². The lowest BCUT2D eigenvalue weighted by atomic mass is 10.2. The molecule has 0 saturated heterocycles. The van der Waals surface area contributed by atoms with Gasteiger partial charge in [0.2, 0.25) is 0 Å². The maximum absolute atomic E-state index is 13.2. The van der Waals surface area contributed by atoms with Gasteiger partial charge in [-0.15, -0.1) is 5.10 Å². The highest BCUT2D eigenvalue weighted by molar-refractivity contribution is 6.30. The number of hydrogen-bond donors (Lipinski definition) is 2. The van der Waals surface area contributed by atoms with Gasteiger partial charge in [0, 0.05) is 13.1 Å². The summed E-state index contributed by atoms with van der Waals surface area (Å²) in [6.07, 6.45) is 2.49. The summed E-state index contributed by atoms with van der Waals surface area (Å²) in [6, 6.07) is 7.74. The molecule has 120 valence electrons. The zero-order chi connectivity index (χ0) is 16.2. The van der Waals surface area contributed by atoms with Crippen molar-refractivity contribution in [3.63, 3.8) is 0 Å². The van der Waals surface area contributed by atoms with Gasteiger partial charge < -0.3 is 14.8 Å².